The van der Waals surface area contributed by atoms with Gasteiger partial charge in [-0.25, -0.2) is 0 Å². The summed E-state index contributed by atoms with van der Waals surface area (Å²) in [7, 11) is 0. The lowest BCUT2D eigenvalue weighted by Crippen LogP contribution is -1.92. The quantitative estimate of drug-likeness (QED) is 0.874. The van der Waals surface area contributed by atoms with Crippen molar-refractivity contribution >= 4 is 23.0 Å². The van der Waals surface area contributed by atoms with Crippen LogP contribution in [-0.4, -0.2) is 22.6 Å². The third-order valence-corrected chi connectivity index (χ3v) is 2.74. The highest BCUT2D eigenvalue weighted by atomic mass is 32.2. The first kappa shape index (κ1) is 13.6. The van der Waals surface area contributed by atoms with E-state index in [1.54, 1.807) is 25.1 Å². The van der Waals surface area contributed by atoms with E-state index in [1.165, 1.54) is 11.8 Å². The average molecular weight is 252 g/mol. The van der Waals surface area contributed by atoms with E-state index in [0.717, 1.165) is 5.56 Å². The van der Waals surface area contributed by atoms with Crippen LogP contribution in [0.15, 0.2) is 24.3 Å². The second-order valence-corrected chi connectivity index (χ2v) is 4.56. The lowest BCUT2D eigenvalue weighted by Gasteiger charge is -2.06. The summed E-state index contributed by atoms with van der Waals surface area (Å²) < 4.78 is 5.28. The summed E-state index contributed by atoms with van der Waals surface area (Å²) in [4.78, 5) is 10.7. The second-order valence-electron chi connectivity index (χ2n) is 3.37. The van der Waals surface area contributed by atoms with Gasteiger partial charge in [0, 0.05) is 12.7 Å². The molecule has 0 radical (unpaired) electrons. The van der Waals surface area contributed by atoms with Crippen LogP contribution in [0.25, 0.3) is 6.08 Å². The lowest BCUT2D eigenvalue weighted by atomic mass is 10.2. The van der Waals surface area contributed by atoms with Crippen molar-refractivity contribution in [2.75, 3.05) is 12.4 Å². The largest absolute Gasteiger partial charge is 0.504 e. The Bertz CT molecular complexity index is 413. The molecule has 0 spiro atoms. The molecule has 3 nitrogen and oxygen atoms in total. The zero-order valence-corrected chi connectivity index (χ0v) is 10.8. The van der Waals surface area contributed by atoms with Gasteiger partial charge < -0.3 is 9.84 Å². The van der Waals surface area contributed by atoms with Gasteiger partial charge in [-0.05, 0) is 24.6 Å². The van der Waals surface area contributed by atoms with Crippen LogP contribution in [0.4, 0.5) is 0 Å². The standard InChI is InChI=1S/C13H16O3S/c1-3-16-13-9-11(6-7-12(13)15)5-4-8-17-10(2)14/h4-7,9,15H,3,8H2,1-2H3. The van der Waals surface area contributed by atoms with E-state index in [4.69, 9.17) is 4.74 Å². The van der Waals surface area contributed by atoms with E-state index >= 15 is 0 Å². The van der Waals surface area contributed by atoms with Crippen molar-refractivity contribution in [1.29, 1.82) is 0 Å². The zero-order valence-electron chi connectivity index (χ0n) is 9.97. The summed E-state index contributed by atoms with van der Waals surface area (Å²) in [6.45, 7) is 3.93. The van der Waals surface area contributed by atoms with Gasteiger partial charge in [-0.3, -0.25) is 4.79 Å². The zero-order chi connectivity index (χ0) is 12.7. The SMILES string of the molecule is CCOc1cc(C=CCSC(C)=O)ccc1O. The van der Waals surface area contributed by atoms with E-state index < -0.39 is 0 Å². The minimum atomic E-state index is 0.107. The molecular weight excluding hydrogens is 236 g/mol. The van der Waals surface area contributed by atoms with Gasteiger partial charge in [0.05, 0.1) is 6.61 Å². The minimum Gasteiger partial charge on any atom is -0.504 e. The van der Waals surface area contributed by atoms with E-state index in [1.807, 2.05) is 19.1 Å². The number of aromatic hydroxyl groups is 1. The highest BCUT2D eigenvalue weighted by Gasteiger charge is 2.01. The maximum Gasteiger partial charge on any atom is 0.186 e. The number of phenols is 1. The van der Waals surface area contributed by atoms with E-state index in [-0.39, 0.29) is 10.9 Å². The fourth-order valence-corrected chi connectivity index (χ4v) is 1.68. The van der Waals surface area contributed by atoms with Gasteiger partial charge in [0.2, 0.25) is 0 Å². The Hall–Kier alpha value is -1.42. The number of thioether (sulfide) groups is 1. The van der Waals surface area contributed by atoms with Crippen molar-refractivity contribution in [3.8, 4) is 11.5 Å². The van der Waals surface area contributed by atoms with Crippen LogP contribution in [0.2, 0.25) is 0 Å². The molecule has 1 aromatic rings. The molecule has 0 aliphatic rings. The lowest BCUT2D eigenvalue weighted by molar-refractivity contribution is -0.109. The molecule has 0 saturated carbocycles. The van der Waals surface area contributed by atoms with Crippen molar-refractivity contribution in [1.82, 2.24) is 0 Å². The third kappa shape index (κ3) is 4.95. The van der Waals surface area contributed by atoms with Gasteiger partial charge in [0.15, 0.2) is 16.6 Å². The van der Waals surface area contributed by atoms with Crippen LogP contribution in [-0.2, 0) is 4.79 Å². The molecule has 0 unspecified atom stereocenters. The first-order chi connectivity index (χ1) is 8.13. The molecule has 1 N–H and O–H groups in total. The summed E-state index contributed by atoms with van der Waals surface area (Å²) in [5.74, 6) is 1.27. The fourth-order valence-electron chi connectivity index (χ4n) is 1.26. The number of carbonyl (C=O) groups is 1. The molecule has 4 heteroatoms. The number of ether oxygens (including phenoxy) is 1. The van der Waals surface area contributed by atoms with Crippen molar-refractivity contribution in [3.63, 3.8) is 0 Å². The van der Waals surface area contributed by atoms with Crippen molar-refractivity contribution < 1.29 is 14.6 Å². The first-order valence-electron chi connectivity index (χ1n) is 5.39. The number of phenolic OH excluding ortho intramolecular Hbond substituents is 1. The molecule has 0 amide bonds. The van der Waals surface area contributed by atoms with Crippen LogP contribution >= 0.6 is 11.8 Å². The molecule has 1 rings (SSSR count). The molecule has 0 atom stereocenters. The molecule has 0 saturated heterocycles. The summed E-state index contributed by atoms with van der Waals surface area (Å²) in [5, 5.41) is 9.62. The topological polar surface area (TPSA) is 46.5 Å². The Labute approximate surface area is 105 Å². The van der Waals surface area contributed by atoms with Gasteiger partial charge in [-0.2, -0.15) is 0 Å². The molecular formula is C13H16O3S. The van der Waals surface area contributed by atoms with Crippen LogP contribution in [0.3, 0.4) is 0 Å². The predicted octanol–water partition coefficient (Wildman–Crippen LogP) is 3.08. The predicted molar refractivity (Wildman–Crippen MR) is 71.4 cm³/mol. The Morgan fingerprint density at radius 3 is 2.94 bits per heavy atom. The molecule has 0 aromatic heterocycles. The van der Waals surface area contributed by atoms with Gasteiger partial charge in [-0.1, -0.05) is 30.0 Å². The van der Waals surface area contributed by atoms with Crippen LogP contribution < -0.4 is 4.74 Å². The van der Waals surface area contributed by atoms with E-state index in [0.29, 0.717) is 18.1 Å². The molecule has 1 aromatic carbocycles. The summed E-state index contributed by atoms with van der Waals surface area (Å²) >= 11 is 1.26. The normalized spacial score (nSPS) is 10.7. The Kier molecular flexibility index (Phi) is 5.63. The number of hydrogen-bond donors (Lipinski definition) is 1. The van der Waals surface area contributed by atoms with Crippen molar-refractivity contribution in [2.24, 2.45) is 0 Å². The first-order valence-corrected chi connectivity index (χ1v) is 6.37. The van der Waals surface area contributed by atoms with E-state index in [2.05, 4.69) is 0 Å². The van der Waals surface area contributed by atoms with E-state index in [9.17, 15) is 9.90 Å². The minimum absolute atomic E-state index is 0.107. The number of rotatable bonds is 5. The maximum atomic E-state index is 10.7. The molecule has 92 valence electrons. The fraction of sp³-hybridized carbons (Fsp3) is 0.308. The summed E-state index contributed by atoms with van der Waals surface area (Å²) in [6.07, 6.45) is 3.81. The molecule has 0 aliphatic heterocycles. The smallest absolute Gasteiger partial charge is 0.186 e. The van der Waals surface area contributed by atoms with Crippen LogP contribution in [0.1, 0.15) is 19.4 Å². The summed E-state index contributed by atoms with van der Waals surface area (Å²) in [5.41, 5.74) is 0.940. The average Bonchev–Trinajstić information content (AvgIpc) is 2.28. The molecule has 17 heavy (non-hydrogen) atoms. The van der Waals surface area contributed by atoms with Crippen molar-refractivity contribution in [2.45, 2.75) is 13.8 Å². The molecule has 0 aliphatic carbocycles. The van der Waals surface area contributed by atoms with Gasteiger partial charge in [-0.15, -0.1) is 0 Å². The maximum absolute atomic E-state index is 10.7. The van der Waals surface area contributed by atoms with Crippen LogP contribution in [0, 0.1) is 0 Å². The third-order valence-electron chi connectivity index (χ3n) is 1.98. The number of carbonyl (C=O) groups excluding carboxylic acids is 1. The highest BCUT2D eigenvalue weighted by Crippen LogP contribution is 2.27. The van der Waals surface area contributed by atoms with Gasteiger partial charge in [0.1, 0.15) is 0 Å². The summed E-state index contributed by atoms with van der Waals surface area (Å²) in [6, 6.07) is 5.17. The molecule has 0 heterocycles. The monoisotopic (exact) mass is 252 g/mol. The Morgan fingerprint density at radius 1 is 1.53 bits per heavy atom. The Morgan fingerprint density at radius 2 is 2.29 bits per heavy atom. The molecule has 0 fully saturated rings. The molecule has 0 bridgehead atoms. The second kappa shape index (κ2) is 7.01. The van der Waals surface area contributed by atoms with Gasteiger partial charge in [0.25, 0.3) is 0 Å². The Balaban J connectivity index is 2.65. The van der Waals surface area contributed by atoms with Crippen molar-refractivity contribution in [3.05, 3.63) is 29.8 Å². The number of hydrogen-bond acceptors (Lipinski definition) is 4. The highest BCUT2D eigenvalue weighted by molar-refractivity contribution is 8.13. The van der Waals surface area contributed by atoms with Gasteiger partial charge >= 0.3 is 0 Å². The number of benzene rings is 1. The van der Waals surface area contributed by atoms with Crippen LogP contribution in [0.5, 0.6) is 11.5 Å².